The van der Waals surface area contributed by atoms with Crippen LogP contribution in [0.1, 0.15) is 5.56 Å². The van der Waals surface area contributed by atoms with Gasteiger partial charge >= 0.3 is 0 Å². The molecule has 0 unspecified atom stereocenters. The van der Waals surface area contributed by atoms with Crippen molar-refractivity contribution >= 4 is 64.9 Å². The van der Waals surface area contributed by atoms with Gasteiger partial charge in [-0.05, 0) is 142 Å². The quantitative estimate of drug-likeness (QED) is 0.127. The smallest absolute Gasteiger partial charge is 0.0992 e. The van der Waals surface area contributed by atoms with Gasteiger partial charge in [0.15, 0.2) is 0 Å². The van der Waals surface area contributed by atoms with Crippen molar-refractivity contribution < 1.29 is 0 Å². The van der Waals surface area contributed by atoms with E-state index in [1.807, 2.05) is 12.1 Å². The molecular weight excluding hydrogens is 713 g/mol. The van der Waals surface area contributed by atoms with E-state index in [9.17, 15) is 5.26 Å². The summed E-state index contributed by atoms with van der Waals surface area (Å²) in [7, 11) is 0. The number of aromatic nitrogens is 1. The molecule has 1 heterocycles. The summed E-state index contributed by atoms with van der Waals surface area (Å²) < 4.78 is 2.33. The van der Waals surface area contributed by atoms with Gasteiger partial charge in [0.1, 0.15) is 0 Å². The molecule has 0 aliphatic rings. The van der Waals surface area contributed by atoms with E-state index < -0.39 is 0 Å². The fraction of sp³-hybridized carbons (Fsp3) is 0. The Bertz CT molecular complexity index is 3650. The summed E-state index contributed by atoms with van der Waals surface area (Å²) in [6.45, 7) is 0. The molecule has 0 bridgehead atoms. The second kappa shape index (κ2) is 13.0. The number of para-hydroxylation sites is 1. The predicted molar refractivity (Wildman–Crippen MR) is 248 cm³/mol. The van der Waals surface area contributed by atoms with Crippen LogP contribution in [0.5, 0.6) is 0 Å². The highest BCUT2D eigenvalue weighted by Crippen LogP contribution is 2.47. The molecule has 0 N–H and O–H groups in total. The topological polar surface area (TPSA) is 28.7 Å². The summed E-state index contributed by atoms with van der Waals surface area (Å²) in [6, 6.07) is 77.3. The van der Waals surface area contributed by atoms with Crippen molar-refractivity contribution in [3.63, 3.8) is 0 Å². The van der Waals surface area contributed by atoms with Gasteiger partial charge in [-0.25, -0.2) is 0 Å². The molecule has 0 spiro atoms. The van der Waals surface area contributed by atoms with Crippen molar-refractivity contribution in [1.82, 2.24) is 4.57 Å². The van der Waals surface area contributed by atoms with E-state index in [1.165, 1.54) is 81.9 Å². The number of hydrogen-bond donors (Lipinski definition) is 0. The Morgan fingerprint density at radius 3 is 1.42 bits per heavy atom. The van der Waals surface area contributed by atoms with Crippen LogP contribution < -0.4 is 0 Å². The molecule has 1 aromatic heterocycles. The molecule has 0 aliphatic carbocycles. The van der Waals surface area contributed by atoms with Gasteiger partial charge in [0.2, 0.25) is 0 Å². The van der Waals surface area contributed by atoms with Crippen LogP contribution in [0.4, 0.5) is 0 Å². The van der Waals surface area contributed by atoms with Crippen molar-refractivity contribution in [2.24, 2.45) is 0 Å². The molecule has 11 aromatic carbocycles. The van der Waals surface area contributed by atoms with E-state index >= 15 is 0 Å². The minimum Gasteiger partial charge on any atom is -0.309 e. The van der Waals surface area contributed by atoms with E-state index in [2.05, 4.69) is 205 Å². The fourth-order valence-electron chi connectivity index (χ4n) is 9.64. The summed E-state index contributed by atoms with van der Waals surface area (Å²) in [5.74, 6) is 0. The highest BCUT2D eigenvalue weighted by atomic mass is 15.0. The van der Waals surface area contributed by atoms with Crippen molar-refractivity contribution in [2.45, 2.75) is 0 Å². The number of benzene rings is 11. The van der Waals surface area contributed by atoms with Crippen LogP contribution in [0.3, 0.4) is 0 Å². The molecule has 2 nitrogen and oxygen atoms in total. The first kappa shape index (κ1) is 33.2. The maximum Gasteiger partial charge on any atom is 0.0992 e. The Balaban J connectivity index is 1.15. The Morgan fingerprint density at radius 1 is 0.322 bits per heavy atom. The van der Waals surface area contributed by atoms with Crippen LogP contribution in [0, 0.1) is 11.3 Å². The monoisotopic (exact) mass is 746 g/mol. The van der Waals surface area contributed by atoms with Crippen LogP contribution in [-0.2, 0) is 0 Å². The molecule has 0 saturated carbocycles. The normalized spacial score (nSPS) is 11.7. The number of nitrogens with zero attached hydrogens (tertiary/aromatic N) is 2. The molecule has 59 heavy (non-hydrogen) atoms. The van der Waals surface area contributed by atoms with Gasteiger partial charge in [-0.2, -0.15) is 5.26 Å². The van der Waals surface area contributed by atoms with Crippen molar-refractivity contribution in [3.05, 3.63) is 212 Å². The molecule has 272 valence electrons. The Morgan fingerprint density at radius 2 is 0.797 bits per heavy atom. The lowest BCUT2D eigenvalue weighted by molar-refractivity contribution is 1.18. The molecule has 0 aliphatic heterocycles. The minimum absolute atomic E-state index is 0.662. The molecule has 12 rings (SSSR count). The zero-order valence-electron chi connectivity index (χ0n) is 32.0. The zero-order valence-corrected chi connectivity index (χ0v) is 32.0. The fourth-order valence-corrected chi connectivity index (χ4v) is 9.64. The van der Waals surface area contributed by atoms with Gasteiger partial charge in [0.05, 0.1) is 22.7 Å². The lowest BCUT2D eigenvalue weighted by Gasteiger charge is -2.20. The van der Waals surface area contributed by atoms with Gasteiger partial charge in [-0.3, -0.25) is 0 Å². The maximum atomic E-state index is 10.0. The van der Waals surface area contributed by atoms with Gasteiger partial charge in [-0.1, -0.05) is 152 Å². The van der Waals surface area contributed by atoms with E-state index in [1.54, 1.807) is 0 Å². The average molecular weight is 747 g/mol. The summed E-state index contributed by atoms with van der Waals surface area (Å²) in [5, 5.41) is 22.1. The van der Waals surface area contributed by atoms with E-state index in [0.717, 1.165) is 33.2 Å². The molecular formula is C57H34N2. The number of nitriles is 1. The molecule has 0 saturated heterocycles. The lowest BCUT2D eigenvalue weighted by Crippen LogP contribution is -1.94. The third-order valence-electron chi connectivity index (χ3n) is 12.3. The van der Waals surface area contributed by atoms with Crippen LogP contribution in [0.2, 0.25) is 0 Å². The molecule has 0 atom stereocenters. The molecule has 0 radical (unpaired) electrons. The Labute approximate surface area is 341 Å². The highest BCUT2D eigenvalue weighted by molar-refractivity contribution is 6.26. The predicted octanol–water partition coefficient (Wildman–Crippen LogP) is 15.4. The van der Waals surface area contributed by atoms with Gasteiger partial charge in [-0.15, -0.1) is 0 Å². The second-order valence-corrected chi connectivity index (χ2v) is 15.6. The first-order chi connectivity index (χ1) is 29.2. The summed E-state index contributed by atoms with van der Waals surface area (Å²) >= 11 is 0. The average Bonchev–Trinajstić information content (AvgIpc) is 3.64. The molecule has 12 aromatic rings. The largest absolute Gasteiger partial charge is 0.309 e. The van der Waals surface area contributed by atoms with Crippen molar-refractivity contribution in [3.8, 4) is 56.3 Å². The third kappa shape index (κ3) is 5.19. The third-order valence-corrected chi connectivity index (χ3v) is 12.3. The summed E-state index contributed by atoms with van der Waals surface area (Å²) in [6.07, 6.45) is 0. The molecule has 0 amide bonds. The summed E-state index contributed by atoms with van der Waals surface area (Å²) in [4.78, 5) is 0. The van der Waals surface area contributed by atoms with Crippen molar-refractivity contribution in [2.75, 3.05) is 0 Å². The molecule has 2 heteroatoms. The Hall–Kier alpha value is -7.99. The highest BCUT2D eigenvalue weighted by Gasteiger charge is 2.21. The molecule has 0 fully saturated rings. The van der Waals surface area contributed by atoms with Crippen LogP contribution in [0.15, 0.2) is 206 Å². The van der Waals surface area contributed by atoms with Crippen LogP contribution >= 0.6 is 0 Å². The van der Waals surface area contributed by atoms with Crippen LogP contribution in [-0.4, -0.2) is 4.57 Å². The first-order valence-electron chi connectivity index (χ1n) is 20.1. The van der Waals surface area contributed by atoms with Crippen LogP contribution in [0.25, 0.3) is 115 Å². The van der Waals surface area contributed by atoms with Gasteiger partial charge in [0.25, 0.3) is 0 Å². The number of hydrogen-bond acceptors (Lipinski definition) is 1. The van der Waals surface area contributed by atoms with Gasteiger partial charge in [0, 0.05) is 16.5 Å². The van der Waals surface area contributed by atoms with E-state index in [0.29, 0.717) is 5.56 Å². The lowest BCUT2D eigenvalue weighted by atomic mass is 9.83. The SMILES string of the molecule is N#Cc1cc2ccc3cc(-c4ccc5c(-c6ccccc6)c6cc(-c7ccc8ccccc8c7)ccc6c(-c6ccccc6)c5c4)cc4c3c2c(c1)n4-c1ccccc1. The zero-order chi connectivity index (χ0) is 39.0. The summed E-state index contributed by atoms with van der Waals surface area (Å²) in [5.41, 5.74) is 13.5. The second-order valence-electron chi connectivity index (χ2n) is 15.6. The standard InChI is InChI=1S/C57H34N2/c58-35-36-28-44-22-23-45-31-46(34-53-57(45)56(44)52(29-36)59(53)47-18-8-3-9-19-47)43-25-27-49-51(33-43)55(39-15-6-2-7-16-39)48-26-24-42(32-50(48)54(49)38-13-4-1-5-14-38)41-21-20-37-12-10-11-17-40(37)30-41/h1-34H. The first-order valence-corrected chi connectivity index (χ1v) is 20.1. The number of rotatable bonds is 5. The Kier molecular flexibility index (Phi) is 7.33. The van der Waals surface area contributed by atoms with E-state index in [-0.39, 0.29) is 0 Å². The minimum atomic E-state index is 0.662. The van der Waals surface area contributed by atoms with Gasteiger partial charge < -0.3 is 4.57 Å². The van der Waals surface area contributed by atoms with E-state index in [4.69, 9.17) is 0 Å². The number of fused-ring (bicyclic) bond motifs is 3. The maximum absolute atomic E-state index is 10.0. The van der Waals surface area contributed by atoms with Crippen molar-refractivity contribution in [1.29, 1.82) is 5.26 Å².